The highest BCUT2D eigenvalue weighted by Crippen LogP contribution is 2.24. The molecule has 1 atom stereocenters. The molecule has 8 heteroatoms. The Morgan fingerprint density at radius 2 is 2.10 bits per heavy atom. The fourth-order valence-corrected chi connectivity index (χ4v) is 3.91. The molecule has 30 heavy (non-hydrogen) atoms. The van der Waals surface area contributed by atoms with Crippen molar-refractivity contribution in [2.24, 2.45) is 7.05 Å². The molecule has 0 radical (unpaired) electrons. The Morgan fingerprint density at radius 1 is 1.17 bits per heavy atom. The van der Waals surface area contributed by atoms with Crippen LogP contribution in [0.1, 0.15) is 12.8 Å². The fourth-order valence-electron chi connectivity index (χ4n) is 3.91. The molecule has 4 heterocycles. The van der Waals surface area contributed by atoms with Crippen LogP contribution in [0.2, 0.25) is 0 Å². The number of rotatable bonds is 6. The molecule has 0 saturated carbocycles. The largest absolute Gasteiger partial charge is 0.492 e. The smallest absolute Gasteiger partial charge is 0.245 e. The summed E-state index contributed by atoms with van der Waals surface area (Å²) < 4.78 is 9.70. The topological polar surface area (TPSA) is 72.5 Å². The first-order chi connectivity index (χ1) is 14.7. The summed E-state index contributed by atoms with van der Waals surface area (Å²) in [6.07, 6.45) is 8.05. The van der Waals surface area contributed by atoms with Crippen LogP contribution in [0.5, 0.6) is 5.75 Å². The van der Waals surface area contributed by atoms with Crippen molar-refractivity contribution in [2.45, 2.75) is 18.9 Å². The number of nitrogens with one attached hydrogen (secondary N) is 1. The van der Waals surface area contributed by atoms with E-state index in [1.807, 2.05) is 66.6 Å². The minimum atomic E-state index is 0.493. The van der Waals surface area contributed by atoms with Gasteiger partial charge in [0, 0.05) is 36.6 Å². The third kappa shape index (κ3) is 3.73. The van der Waals surface area contributed by atoms with Crippen LogP contribution in [-0.4, -0.2) is 55.5 Å². The van der Waals surface area contributed by atoms with E-state index < -0.39 is 0 Å². The average Bonchev–Trinajstić information content (AvgIpc) is 3.46. The van der Waals surface area contributed by atoms with Gasteiger partial charge in [0.2, 0.25) is 5.95 Å². The van der Waals surface area contributed by atoms with Crippen LogP contribution in [0.4, 0.5) is 11.6 Å². The Kier molecular flexibility index (Phi) is 4.84. The van der Waals surface area contributed by atoms with Gasteiger partial charge in [0.1, 0.15) is 12.4 Å². The molecule has 1 saturated heterocycles. The van der Waals surface area contributed by atoms with E-state index >= 15 is 0 Å². The average molecular weight is 403 g/mol. The lowest BCUT2D eigenvalue weighted by Crippen LogP contribution is -2.30. The third-order valence-electron chi connectivity index (χ3n) is 5.60. The lowest BCUT2D eigenvalue weighted by atomic mass is 10.2. The summed E-state index contributed by atoms with van der Waals surface area (Å²) in [5.41, 5.74) is 3.80. The van der Waals surface area contributed by atoms with Gasteiger partial charge in [-0.3, -0.25) is 4.68 Å². The maximum Gasteiger partial charge on any atom is 0.245 e. The molecule has 0 bridgehead atoms. The third-order valence-corrected chi connectivity index (χ3v) is 5.60. The first kappa shape index (κ1) is 18.6. The Labute approximate surface area is 175 Å². The van der Waals surface area contributed by atoms with E-state index in [4.69, 9.17) is 4.74 Å². The van der Waals surface area contributed by atoms with Gasteiger partial charge in [-0.05, 0) is 50.7 Å². The van der Waals surface area contributed by atoms with Crippen LogP contribution >= 0.6 is 0 Å². The highest BCUT2D eigenvalue weighted by molar-refractivity contribution is 5.66. The zero-order chi connectivity index (χ0) is 20.5. The molecule has 0 spiro atoms. The van der Waals surface area contributed by atoms with Gasteiger partial charge in [-0.15, -0.1) is 5.10 Å². The van der Waals surface area contributed by atoms with Crippen molar-refractivity contribution in [1.29, 1.82) is 0 Å². The highest BCUT2D eigenvalue weighted by atomic mass is 16.5. The van der Waals surface area contributed by atoms with E-state index in [9.17, 15) is 0 Å². The van der Waals surface area contributed by atoms with Crippen LogP contribution in [0.3, 0.4) is 0 Å². The Bertz CT molecular complexity index is 1170. The predicted octanol–water partition coefficient (Wildman–Crippen LogP) is 3.35. The standard InChI is InChI=1S/C22H25N7O/c1-27-10-4-6-19(27)15-30-20-7-3-5-17(11-20)25-22-23-13-18-8-9-21(29(18)26-22)16-12-24-28(2)14-16/h3,5,7-9,11-14,19H,4,6,10,15H2,1-2H3,(H,25,26). The van der Waals surface area contributed by atoms with Crippen LogP contribution in [0.15, 0.2) is 55.0 Å². The van der Waals surface area contributed by atoms with Crippen molar-refractivity contribution >= 4 is 17.2 Å². The van der Waals surface area contributed by atoms with Crippen molar-refractivity contribution in [3.05, 3.63) is 55.0 Å². The van der Waals surface area contributed by atoms with Gasteiger partial charge >= 0.3 is 0 Å². The SMILES string of the molecule is CN1CCCC1COc1cccc(Nc2ncc3ccc(-c4cnn(C)c4)n3n2)c1. The molecule has 1 aromatic carbocycles. The van der Waals surface area contributed by atoms with Crippen molar-refractivity contribution in [3.63, 3.8) is 0 Å². The summed E-state index contributed by atoms with van der Waals surface area (Å²) in [6, 6.07) is 12.5. The van der Waals surface area contributed by atoms with Gasteiger partial charge in [0.25, 0.3) is 0 Å². The molecule has 154 valence electrons. The van der Waals surface area contributed by atoms with E-state index in [2.05, 4.69) is 32.4 Å². The second-order valence-corrected chi connectivity index (χ2v) is 7.78. The van der Waals surface area contributed by atoms with E-state index in [0.29, 0.717) is 18.6 Å². The van der Waals surface area contributed by atoms with Crippen molar-refractivity contribution in [1.82, 2.24) is 29.3 Å². The number of aryl methyl sites for hydroxylation is 1. The van der Waals surface area contributed by atoms with Crippen LogP contribution in [0.25, 0.3) is 16.8 Å². The normalized spacial score (nSPS) is 16.9. The minimum absolute atomic E-state index is 0.493. The molecule has 1 fully saturated rings. The Balaban J connectivity index is 1.34. The van der Waals surface area contributed by atoms with Gasteiger partial charge < -0.3 is 15.0 Å². The quantitative estimate of drug-likeness (QED) is 0.532. The highest BCUT2D eigenvalue weighted by Gasteiger charge is 2.21. The van der Waals surface area contributed by atoms with Crippen LogP contribution in [-0.2, 0) is 7.05 Å². The second kappa shape index (κ2) is 7.79. The van der Waals surface area contributed by atoms with E-state index in [0.717, 1.165) is 34.8 Å². The van der Waals surface area contributed by atoms with Gasteiger partial charge in [-0.25, -0.2) is 9.50 Å². The maximum absolute atomic E-state index is 6.04. The zero-order valence-corrected chi connectivity index (χ0v) is 17.2. The predicted molar refractivity (Wildman–Crippen MR) is 116 cm³/mol. The van der Waals surface area contributed by atoms with E-state index in [1.165, 1.54) is 12.8 Å². The minimum Gasteiger partial charge on any atom is -0.492 e. The Morgan fingerprint density at radius 3 is 2.90 bits per heavy atom. The number of benzene rings is 1. The number of anilines is 2. The molecule has 0 amide bonds. The molecule has 1 aliphatic rings. The molecular weight excluding hydrogens is 378 g/mol. The van der Waals surface area contributed by atoms with E-state index in [-0.39, 0.29) is 0 Å². The number of hydrogen-bond acceptors (Lipinski definition) is 6. The first-order valence-electron chi connectivity index (χ1n) is 10.2. The second-order valence-electron chi connectivity index (χ2n) is 7.78. The monoisotopic (exact) mass is 403 g/mol. The molecule has 1 unspecified atom stereocenters. The number of aromatic nitrogens is 5. The fraction of sp³-hybridized carbons (Fsp3) is 0.318. The Hall–Kier alpha value is -3.39. The number of ether oxygens (including phenoxy) is 1. The maximum atomic E-state index is 6.04. The summed E-state index contributed by atoms with van der Waals surface area (Å²) in [4.78, 5) is 6.81. The van der Waals surface area contributed by atoms with Crippen molar-refractivity contribution in [2.75, 3.05) is 25.5 Å². The summed E-state index contributed by atoms with van der Waals surface area (Å²) in [7, 11) is 4.06. The van der Waals surface area contributed by atoms with Crippen molar-refractivity contribution in [3.8, 4) is 17.0 Å². The molecule has 1 N–H and O–H groups in total. The summed E-state index contributed by atoms with van der Waals surface area (Å²) in [5, 5.41) is 12.2. The summed E-state index contributed by atoms with van der Waals surface area (Å²) in [6.45, 7) is 1.86. The van der Waals surface area contributed by atoms with Gasteiger partial charge in [-0.2, -0.15) is 5.10 Å². The summed E-state index contributed by atoms with van der Waals surface area (Å²) >= 11 is 0. The van der Waals surface area contributed by atoms with Crippen LogP contribution < -0.4 is 10.1 Å². The molecule has 3 aromatic heterocycles. The lowest BCUT2D eigenvalue weighted by Gasteiger charge is -2.19. The number of likely N-dealkylation sites (tertiary alicyclic amines) is 1. The molecule has 5 rings (SSSR count). The number of likely N-dealkylation sites (N-methyl/N-ethyl adjacent to an activating group) is 1. The van der Waals surface area contributed by atoms with Gasteiger partial charge in [0.05, 0.1) is 23.6 Å². The van der Waals surface area contributed by atoms with E-state index in [1.54, 1.807) is 4.68 Å². The molecular formula is C22H25N7O. The summed E-state index contributed by atoms with van der Waals surface area (Å²) in [5.74, 6) is 1.37. The molecule has 1 aliphatic heterocycles. The lowest BCUT2D eigenvalue weighted by molar-refractivity contribution is 0.198. The number of hydrogen-bond donors (Lipinski definition) is 1. The zero-order valence-electron chi connectivity index (χ0n) is 17.2. The number of nitrogens with zero attached hydrogens (tertiary/aromatic N) is 6. The number of fused-ring (bicyclic) bond motifs is 1. The van der Waals surface area contributed by atoms with Gasteiger partial charge in [0.15, 0.2) is 0 Å². The molecule has 8 nitrogen and oxygen atoms in total. The van der Waals surface area contributed by atoms with Gasteiger partial charge in [-0.1, -0.05) is 6.07 Å². The van der Waals surface area contributed by atoms with Crippen molar-refractivity contribution < 1.29 is 4.74 Å². The van der Waals surface area contributed by atoms with Crippen LogP contribution in [0, 0.1) is 0 Å². The molecule has 0 aliphatic carbocycles. The molecule has 4 aromatic rings. The first-order valence-corrected chi connectivity index (χ1v) is 10.2.